The number of nitrogens with zero attached hydrogens (tertiary/aromatic N) is 1. The summed E-state index contributed by atoms with van der Waals surface area (Å²) in [5, 5.41) is 5.02. The van der Waals surface area contributed by atoms with Crippen molar-refractivity contribution in [3.8, 4) is 5.75 Å². The van der Waals surface area contributed by atoms with Crippen molar-refractivity contribution in [1.29, 1.82) is 0 Å². The van der Waals surface area contributed by atoms with Gasteiger partial charge in [0.25, 0.3) is 0 Å². The smallest absolute Gasteiger partial charge is 0.184 e. The van der Waals surface area contributed by atoms with Gasteiger partial charge in [0, 0.05) is 10.0 Å². The first-order valence-electron chi connectivity index (χ1n) is 6.42. The summed E-state index contributed by atoms with van der Waals surface area (Å²) < 4.78 is 6.67. The molecule has 0 aromatic heterocycles. The minimum absolute atomic E-state index is 0.0698. The monoisotopic (exact) mass is 431 g/mol. The van der Waals surface area contributed by atoms with Gasteiger partial charge < -0.3 is 10.5 Å². The average Bonchev–Trinajstić information content (AvgIpc) is 2.52. The molecule has 0 aliphatic rings. The van der Waals surface area contributed by atoms with Crippen LogP contribution in [-0.4, -0.2) is 17.4 Å². The SMILES string of the molecule is NC(=S)N/N=C(\COc1cccc(Cl)c1Cl)c1ccc(Br)cc1. The minimum Gasteiger partial charge on any atom is -0.486 e. The Morgan fingerprint density at radius 3 is 2.57 bits per heavy atom. The molecule has 0 amide bonds. The van der Waals surface area contributed by atoms with Crippen molar-refractivity contribution in [3.05, 3.63) is 62.5 Å². The molecule has 0 saturated heterocycles. The molecule has 120 valence electrons. The molecule has 0 atom stereocenters. The van der Waals surface area contributed by atoms with Crippen LogP contribution < -0.4 is 15.9 Å². The number of benzene rings is 2. The highest BCUT2D eigenvalue weighted by atomic mass is 79.9. The van der Waals surface area contributed by atoms with E-state index in [4.69, 9.17) is 45.9 Å². The Hall–Kier alpha value is -1.34. The first kappa shape index (κ1) is 18.0. The summed E-state index contributed by atoms with van der Waals surface area (Å²) in [5.41, 5.74) is 9.46. The molecule has 4 nitrogen and oxygen atoms in total. The summed E-state index contributed by atoms with van der Waals surface area (Å²) in [5.74, 6) is 0.472. The molecule has 0 aliphatic heterocycles. The van der Waals surface area contributed by atoms with Crippen LogP contribution in [0.25, 0.3) is 0 Å². The molecular formula is C15H12BrCl2N3OS. The molecular weight excluding hydrogens is 421 g/mol. The van der Waals surface area contributed by atoms with Gasteiger partial charge in [0.05, 0.1) is 5.02 Å². The van der Waals surface area contributed by atoms with E-state index >= 15 is 0 Å². The van der Waals surface area contributed by atoms with Gasteiger partial charge in [-0.05, 0) is 36.5 Å². The van der Waals surface area contributed by atoms with Gasteiger partial charge in [-0.3, -0.25) is 5.43 Å². The quantitative estimate of drug-likeness (QED) is 0.418. The Bertz CT molecular complexity index is 738. The van der Waals surface area contributed by atoms with E-state index in [1.54, 1.807) is 18.2 Å². The third-order valence-electron chi connectivity index (χ3n) is 2.76. The maximum absolute atomic E-state index is 6.11. The van der Waals surface area contributed by atoms with Crippen LogP contribution in [-0.2, 0) is 0 Å². The van der Waals surface area contributed by atoms with Crippen LogP contribution in [0, 0.1) is 0 Å². The van der Waals surface area contributed by atoms with Crippen LogP contribution in [0.1, 0.15) is 5.56 Å². The summed E-state index contributed by atoms with van der Waals surface area (Å²) in [4.78, 5) is 0. The number of hydrogen-bond donors (Lipinski definition) is 2. The van der Waals surface area contributed by atoms with Gasteiger partial charge in [-0.25, -0.2) is 0 Å². The number of halogens is 3. The van der Waals surface area contributed by atoms with Crippen LogP contribution in [0.5, 0.6) is 5.75 Å². The lowest BCUT2D eigenvalue weighted by molar-refractivity contribution is 0.376. The van der Waals surface area contributed by atoms with Crippen LogP contribution in [0.15, 0.2) is 52.0 Å². The molecule has 8 heteroatoms. The maximum Gasteiger partial charge on any atom is 0.184 e. The Labute approximate surface area is 157 Å². The lowest BCUT2D eigenvalue weighted by Gasteiger charge is -2.11. The predicted octanol–water partition coefficient (Wildman–Crippen LogP) is 4.37. The number of rotatable bonds is 5. The number of nitrogens with one attached hydrogen (secondary N) is 1. The summed E-state index contributed by atoms with van der Waals surface area (Å²) in [7, 11) is 0. The third kappa shape index (κ3) is 5.35. The largest absolute Gasteiger partial charge is 0.486 e. The Kier molecular flexibility index (Phi) is 6.65. The Balaban J connectivity index is 2.21. The van der Waals surface area contributed by atoms with Crippen LogP contribution in [0.2, 0.25) is 10.0 Å². The molecule has 0 unspecified atom stereocenters. The first-order valence-corrected chi connectivity index (χ1v) is 8.38. The van der Waals surface area contributed by atoms with Crippen molar-refractivity contribution < 1.29 is 4.74 Å². The second-order valence-corrected chi connectivity index (χ2v) is 6.52. The van der Waals surface area contributed by atoms with Gasteiger partial charge in [0.15, 0.2) is 5.11 Å². The van der Waals surface area contributed by atoms with Gasteiger partial charge in [-0.1, -0.05) is 57.3 Å². The Morgan fingerprint density at radius 1 is 1.22 bits per heavy atom. The van der Waals surface area contributed by atoms with E-state index in [2.05, 4.69) is 26.5 Å². The molecule has 0 radical (unpaired) electrons. The van der Waals surface area contributed by atoms with Gasteiger partial charge in [0.1, 0.15) is 23.1 Å². The third-order valence-corrected chi connectivity index (χ3v) is 4.18. The zero-order valence-corrected chi connectivity index (χ0v) is 15.6. The number of hydrogen-bond acceptors (Lipinski definition) is 3. The summed E-state index contributed by atoms with van der Waals surface area (Å²) in [6.07, 6.45) is 0. The minimum atomic E-state index is 0.0698. The van der Waals surface area contributed by atoms with E-state index in [0.29, 0.717) is 21.5 Å². The highest BCUT2D eigenvalue weighted by Gasteiger charge is 2.09. The second kappa shape index (κ2) is 8.49. The summed E-state index contributed by atoms with van der Waals surface area (Å²) >= 11 is 20.2. The van der Waals surface area contributed by atoms with Crippen molar-refractivity contribution in [2.45, 2.75) is 0 Å². The van der Waals surface area contributed by atoms with Crippen molar-refractivity contribution >= 4 is 62.2 Å². The summed E-state index contributed by atoms with van der Waals surface area (Å²) in [6.45, 7) is 0.164. The fraction of sp³-hybridized carbons (Fsp3) is 0.0667. The molecule has 0 saturated carbocycles. The van der Waals surface area contributed by atoms with Gasteiger partial charge in [-0.2, -0.15) is 5.10 Å². The number of ether oxygens (including phenoxy) is 1. The van der Waals surface area contributed by atoms with Crippen LogP contribution >= 0.6 is 51.3 Å². The Morgan fingerprint density at radius 2 is 1.91 bits per heavy atom. The van der Waals surface area contributed by atoms with E-state index in [-0.39, 0.29) is 11.7 Å². The topological polar surface area (TPSA) is 59.6 Å². The van der Waals surface area contributed by atoms with Gasteiger partial charge >= 0.3 is 0 Å². The maximum atomic E-state index is 6.11. The number of hydrazone groups is 1. The van der Waals surface area contributed by atoms with Gasteiger partial charge in [0.2, 0.25) is 0 Å². The highest BCUT2D eigenvalue weighted by molar-refractivity contribution is 9.10. The molecule has 0 fully saturated rings. The fourth-order valence-electron chi connectivity index (χ4n) is 1.69. The second-order valence-electron chi connectivity index (χ2n) is 4.38. The zero-order chi connectivity index (χ0) is 16.8. The van der Waals surface area contributed by atoms with Crippen molar-refractivity contribution in [2.24, 2.45) is 10.8 Å². The predicted molar refractivity (Wildman–Crippen MR) is 103 cm³/mol. The van der Waals surface area contributed by atoms with E-state index in [0.717, 1.165) is 10.0 Å². The van der Waals surface area contributed by atoms with Crippen molar-refractivity contribution in [3.63, 3.8) is 0 Å². The zero-order valence-electron chi connectivity index (χ0n) is 11.7. The molecule has 0 spiro atoms. The van der Waals surface area contributed by atoms with Crippen LogP contribution in [0.3, 0.4) is 0 Å². The summed E-state index contributed by atoms with van der Waals surface area (Å²) in [6, 6.07) is 12.8. The number of thiocarbonyl (C=S) groups is 1. The molecule has 2 aromatic rings. The molecule has 2 rings (SSSR count). The molecule has 0 aliphatic carbocycles. The normalized spacial score (nSPS) is 11.2. The van der Waals surface area contributed by atoms with Crippen LogP contribution in [0.4, 0.5) is 0 Å². The lowest BCUT2D eigenvalue weighted by Crippen LogP contribution is -2.27. The van der Waals surface area contributed by atoms with Crippen molar-refractivity contribution in [2.75, 3.05) is 6.61 Å². The van der Waals surface area contributed by atoms with E-state index < -0.39 is 0 Å². The first-order chi connectivity index (χ1) is 11.0. The van der Waals surface area contributed by atoms with Gasteiger partial charge in [-0.15, -0.1) is 0 Å². The van der Waals surface area contributed by atoms with E-state index in [1.165, 1.54) is 0 Å². The fourth-order valence-corrected chi connectivity index (χ4v) is 2.34. The molecule has 3 N–H and O–H groups in total. The number of nitrogens with two attached hydrogens (primary N) is 1. The standard InChI is InChI=1S/C15H12BrCl2N3OS/c16-10-6-4-9(5-7-10)12(20-21-15(19)23)8-22-13-3-1-2-11(17)14(13)18/h1-7H,8H2,(H3,19,21,23)/b20-12+. The average molecular weight is 433 g/mol. The molecule has 0 heterocycles. The van der Waals surface area contributed by atoms with E-state index in [1.807, 2.05) is 24.3 Å². The highest BCUT2D eigenvalue weighted by Crippen LogP contribution is 2.31. The molecule has 2 aromatic carbocycles. The van der Waals surface area contributed by atoms with Crippen molar-refractivity contribution in [1.82, 2.24) is 5.43 Å². The molecule has 23 heavy (non-hydrogen) atoms. The molecule has 0 bridgehead atoms. The van der Waals surface area contributed by atoms with E-state index in [9.17, 15) is 0 Å². The lowest BCUT2D eigenvalue weighted by atomic mass is 10.1.